The molecule has 1 aromatic carbocycles. The lowest BCUT2D eigenvalue weighted by molar-refractivity contribution is 0.409. The Kier molecular flexibility index (Phi) is 3.53. The molecule has 110 valence electrons. The van der Waals surface area contributed by atoms with E-state index in [0.717, 1.165) is 18.4 Å². The van der Waals surface area contributed by atoms with Crippen molar-refractivity contribution >= 4 is 5.69 Å². The third kappa shape index (κ3) is 2.70. The van der Waals surface area contributed by atoms with E-state index in [4.69, 9.17) is 0 Å². The number of pyridine rings is 1. The minimum absolute atomic E-state index is 0.186. The Labute approximate surface area is 118 Å². The number of hydrogen-bond donors (Lipinski definition) is 1. The molecule has 1 atom stereocenters. The summed E-state index contributed by atoms with van der Waals surface area (Å²) in [6.45, 7) is 0. The molecule has 1 fully saturated rings. The highest BCUT2D eigenvalue weighted by Gasteiger charge is 2.34. The van der Waals surface area contributed by atoms with E-state index in [0.29, 0.717) is 0 Å². The molecule has 0 amide bonds. The van der Waals surface area contributed by atoms with Crippen molar-refractivity contribution in [2.45, 2.75) is 18.9 Å². The van der Waals surface area contributed by atoms with Crippen molar-refractivity contribution in [3.63, 3.8) is 0 Å². The fourth-order valence-electron chi connectivity index (χ4n) is 2.33. The Balaban J connectivity index is 1.98. The Hall–Kier alpha value is -2.11. The summed E-state index contributed by atoms with van der Waals surface area (Å²) in [6, 6.07) is 8.64. The molecule has 6 heteroatoms. The Morgan fingerprint density at radius 3 is 2.05 bits per heavy atom. The van der Waals surface area contributed by atoms with Gasteiger partial charge in [0, 0.05) is 0 Å². The van der Waals surface area contributed by atoms with Crippen LogP contribution in [0.15, 0.2) is 30.3 Å². The Morgan fingerprint density at radius 2 is 1.52 bits per heavy atom. The van der Waals surface area contributed by atoms with Gasteiger partial charge in [-0.2, -0.15) is 22.5 Å². The van der Waals surface area contributed by atoms with Gasteiger partial charge in [0.25, 0.3) is 11.9 Å². The molecule has 0 aliphatic heterocycles. The van der Waals surface area contributed by atoms with Crippen molar-refractivity contribution in [2.75, 3.05) is 5.32 Å². The van der Waals surface area contributed by atoms with Crippen LogP contribution in [0.4, 0.5) is 23.2 Å². The van der Waals surface area contributed by atoms with Crippen LogP contribution in [-0.4, -0.2) is 4.98 Å². The molecule has 1 aliphatic rings. The van der Waals surface area contributed by atoms with Crippen LogP contribution in [0.1, 0.15) is 24.4 Å². The lowest BCUT2D eigenvalue weighted by atomic mass is 10.0. The number of benzene rings is 1. The number of rotatable bonds is 4. The van der Waals surface area contributed by atoms with E-state index in [1.807, 2.05) is 6.07 Å². The first kappa shape index (κ1) is 13.9. The topological polar surface area (TPSA) is 24.9 Å². The molecular weight excluding hydrogens is 284 g/mol. The molecule has 0 saturated heterocycles. The standard InChI is InChI=1S/C15H12F4N2/c16-10-13(11(17)15(19)21-14(10)18)20-12(9-6-7-9)8-4-2-1-3-5-8/h1-5,9,12H,6-7H2,(H,20,21). The molecule has 0 spiro atoms. The van der Waals surface area contributed by atoms with Gasteiger partial charge in [0.15, 0.2) is 0 Å². The number of aromatic nitrogens is 1. The van der Waals surface area contributed by atoms with Crippen LogP contribution in [0, 0.1) is 29.4 Å². The van der Waals surface area contributed by atoms with E-state index < -0.39 is 35.3 Å². The first-order valence-electron chi connectivity index (χ1n) is 6.59. The van der Waals surface area contributed by atoms with Crippen molar-refractivity contribution in [2.24, 2.45) is 5.92 Å². The summed E-state index contributed by atoms with van der Waals surface area (Å²) in [5.74, 6) is -6.13. The van der Waals surface area contributed by atoms with E-state index in [1.54, 1.807) is 24.3 Å². The number of anilines is 1. The second-order valence-corrected chi connectivity index (χ2v) is 5.07. The fraction of sp³-hybridized carbons (Fsp3) is 0.267. The molecule has 0 bridgehead atoms. The maximum Gasteiger partial charge on any atom is 0.253 e. The monoisotopic (exact) mass is 296 g/mol. The average Bonchev–Trinajstić information content (AvgIpc) is 3.31. The van der Waals surface area contributed by atoms with E-state index in [1.165, 1.54) is 0 Å². The van der Waals surface area contributed by atoms with Crippen LogP contribution < -0.4 is 5.32 Å². The van der Waals surface area contributed by atoms with Gasteiger partial charge in [-0.25, -0.2) is 0 Å². The zero-order chi connectivity index (χ0) is 15.0. The van der Waals surface area contributed by atoms with E-state index in [2.05, 4.69) is 10.3 Å². The summed E-state index contributed by atoms with van der Waals surface area (Å²) >= 11 is 0. The summed E-state index contributed by atoms with van der Waals surface area (Å²) < 4.78 is 53.7. The highest BCUT2D eigenvalue weighted by Crippen LogP contribution is 2.43. The zero-order valence-corrected chi connectivity index (χ0v) is 10.9. The van der Waals surface area contributed by atoms with Crippen molar-refractivity contribution in [3.05, 3.63) is 59.4 Å². The van der Waals surface area contributed by atoms with Crippen LogP contribution in [0.3, 0.4) is 0 Å². The van der Waals surface area contributed by atoms with Gasteiger partial charge in [-0.15, -0.1) is 0 Å². The zero-order valence-electron chi connectivity index (χ0n) is 10.9. The number of nitrogens with one attached hydrogen (secondary N) is 1. The number of nitrogens with zero attached hydrogens (tertiary/aromatic N) is 1. The summed E-state index contributed by atoms with van der Waals surface area (Å²) in [4.78, 5) is 2.55. The summed E-state index contributed by atoms with van der Waals surface area (Å²) in [5, 5.41) is 2.61. The lowest BCUT2D eigenvalue weighted by Crippen LogP contribution is -2.17. The molecule has 3 rings (SSSR count). The van der Waals surface area contributed by atoms with Crippen LogP contribution in [0.2, 0.25) is 0 Å². The maximum atomic E-state index is 13.7. The second kappa shape index (κ2) is 5.35. The van der Waals surface area contributed by atoms with E-state index >= 15 is 0 Å². The molecule has 2 nitrogen and oxygen atoms in total. The molecule has 1 N–H and O–H groups in total. The van der Waals surface area contributed by atoms with Gasteiger partial charge in [0.05, 0.1) is 6.04 Å². The molecule has 1 unspecified atom stereocenters. The predicted octanol–water partition coefficient (Wildman–Crippen LogP) is 4.20. The molecule has 21 heavy (non-hydrogen) atoms. The highest BCUT2D eigenvalue weighted by atomic mass is 19.2. The summed E-state index contributed by atoms with van der Waals surface area (Å²) in [5.41, 5.74) is 0.0113. The molecule has 1 aromatic heterocycles. The summed E-state index contributed by atoms with van der Waals surface area (Å²) in [6.07, 6.45) is 1.79. The minimum atomic E-state index is -1.65. The van der Waals surface area contributed by atoms with E-state index in [-0.39, 0.29) is 5.92 Å². The van der Waals surface area contributed by atoms with Crippen LogP contribution in [-0.2, 0) is 0 Å². The minimum Gasteiger partial charge on any atom is -0.373 e. The smallest absolute Gasteiger partial charge is 0.253 e. The fourth-order valence-corrected chi connectivity index (χ4v) is 2.33. The molecule has 1 aliphatic carbocycles. The van der Waals surface area contributed by atoms with Gasteiger partial charge in [-0.3, -0.25) is 0 Å². The van der Waals surface area contributed by atoms with Gasteiger partial charge in [0.2, 0.25) is 11.6 Å². The van der Waals surface area contributed by atoms with Gasteiger partial charge in [-0.05, 0) is 24.3 Å². The number of hydrogen-bond acceptors (Lipinski definition) is 2. The molecule has 0 radical (unpaired) electrons. The molecule has 1 saturated carbocycles. The maximum absolute atomic E-state index is 13.7. The Morgan fingerprint density at radius 1 is 0.952 bits per heavy atom. The highest BCUT2D eigenvalue weighted by molar-refractivity contribution is 5.48. The van der Waals surface area contributed by atoms with Gasteiger partial charge in [0.1, 0.15) is 5.69 Å². The van der Waals surface area contributed by atoms with Gasteiger partial charge < -0.3 is 5.32 Å². The SMILES string of the molecule is Fc1nc(F)c(F)c(NC(c2ccccc2)C2CC2)c1F. The third-order valence-electron chi connectivity index (χ3n) is 3.55. The molecule has 2 aromatic rings. The molecular formula is C15H12F4N2. The quantitative estimate of drug-likeness (QED) is 0.675. The Bertz CT molecular complexity index is 630. The van der Waals surface area contributed by atoms with Crippen LogP contribution in [0.25, 0.3) is 0 Å². The van der Waals surface area contributed by atoms with E-state index in [9.17, 15) is 17.6 Å². The second-order valence-electron chi connectivity index (χ2n) is 5.07. The normalized spacial score (nSPS) is 15.8. The van der Waals surface area contributed by atoms with Crippen molar-refractivity contribution < 1.29 is 17.6 Å². The molecule has 1 heterocycles. The van der Waals surface area contributed by atoms with Crippen molar-refractivity contribution in [1.29, 1.82) is 0 Å². The first-order chi connectivity index (χ1) is 10.1. The number of halogens is 4. The van der Waals surface area contributed by atoms with Crippen molar-refractivity contribution in [1.82, 2.24) is 4.98 Å². The largest absolute Gasteiger partial charge is 0.373 e. The van der Waals surface area contributed by atoms with Gasteiger partial charge in [-0.1, -0.05) is 30.3 Å². The van der Waals surface area contributed by atoms with Crippen molar-refractivity contribution in [3.8, 4) is 0 Å². The summed E-state index contributed by atoms with van der Waals surface area (Å²) in [7, 11) is 0. The third-order valence-corrected chi connectivity index (χ3v) is 3.55. The van der Waals surface area contributed by atoms with Crippen LogP contribution in [0.5, 0.6) is 0 Å². The predicted molar refractivity (Wildman–Crippen MR) is 69.6 cm³/mol. The van der Waals surface area contributed by atoms with Gasteiger partial charge >= 0.3 is 0 Å². The lowest BCUT2D eigenvalue weighted by Gasteiger charge is -2.21. The van der Waals surface area contributed by atoms with Crippen LogP contribution >= 0.6 is 0 Å². The average molecular weight is 296 g/mol. The first-order valence-corrected chi connectivity index (χ1v) is 6.59.